The van der Waals surface area contributed by atoms with Crippen molar-refractivity contribution >= 4 is 40.1 Å². The van der Waals surface area contributed by atoms with E-state index in [0.29, 0.717) is 23.6 Å². The second-order valence-electron chi connectivity index (χ2n) is 6.59. The summed E-state index contributed by atoms with van der Waals surface area (Å²) in [5.74, 6) is -1.47. The summed E-state index contributed by atoms with van der Waals surface area (Å²) in [6.07, 6.45) is 0.493. The van der Waals surface area contributed by atoms with Crippen LogP contribution < -0.4 is 16.2 Å². The summed E-state index contributed by atoms with van der Waals surface area (Å²) in [6.45, 7) is 0.300. The lowest BCUT2D eigenvalue weighted by Crippen LogP contribution is -2.41. The Morgan fingerprint density at radius 1 is 0.867 bits per heavy atom. The third kappa shape index (κ3) is 5.48. The van der Waals surface area contributed by atoms with Gasteiger partial charge in [-0.05, 0) is 53.6 Å². The summed E-state index contributed by atoms with van der Waals surface area (Å²) in [5.41, 5.74) is 5.13. The maximum atomic E-state index is 12.3. The highest BCUT2D eigenvalue weighted by molar-refractivity contribution is 6.30. The lowest BCUT2D eigenvalue weighted by atomic mass is 10.1. The zero-order valence-corrected chi connectivity index (χ0v) is 16.7. The Morgan fingerprint density at radius 3 is 2.23 bits per heavy atom. The number of hydrogen-bond acceptors (Lipinski definition) is 4. The Labute approximate surface area is 178 Å². The standard InChI is InChI=1S/C22H20ClN3O4/c23-17-9-7-14(8-10-17)21(29)24-11-3-6-20(28)25-26-22(30)18-12-15-4-1-2-5-16(15)13-19(18)27/h1-2,4-5,7-10,12-13,27H,3,6,11H2,(H,24,29)(H,25,28)(H,26,30). The molecular weight excluding hydrogens is 406 g/mol. The van der Waals surface area contributed by atoms with Crippen LogP contribution in [0.3, 0.4) is 0 Å². The number of phenolic OH excluding ortho intramolecular Hbond substituents is 1. The summed E-state index contributed by atoms with van der Waals surface area (Å²) in [7, 11) is 0. The SMILES string of the molecule is O=C(CCCNC(=O)c1ccc(Cl)cc1)NNC(=O)c1cc2ccccc2cc1O. The van der Waals surface area contributed by atoms with Crippen LogP contribution in [0, 0.1) is 0 Å². The van der Waals surface area contributed by atoms with Crippen molar-refractivity contribution in [2.45, 2.75) is 12.8 Å². The third-order valence-electron chi connectivity index (χ3n) is 4.40. The Bertz CT molecular complexity index is 1080. The molecule has 3 aromatic carbocycles. The molecule has 0 bridgehead atoms. The summed E-state index contributed by atoms with van der Waals surface area (Å²) in [6, 6.07) is 16.8. The lowest BCUT2D eigenvalue weighted by Gasteiger charge is -2.10. The summed E-state index contributed by atoms with van der Waals surface area (Å²) < 4.78 is 0. The van der Waals surface area contributed by atoms with Gasteiger partial charge >= 0.3 is 0 Å². The number of fused-ring (bicyclic) bond motifs is 1. The summed E-state index contributed by atoms with van der Waals surface area (Å²) in [4.78, 5) is 36.1. The normalized spacial score (nSPS) is 10.4. The molecule has 0 unspecified atom stereocenters. The first-order chi connectivity index (χ1) is 14.4. The molecule has 0 aliphatic heterocycles. The van der Waals surface area contributed by atoms with Crippen molar-refractivity contribution in [1.82, 2.24) is 16.2 Å². The van der Waals surface area contributed by atoms with Gasteiger partial charge in [0, 0.05) is 23.6 Å². The van der Waals surface area contributed by atoms with Crippen LogP contribution in [0.4, 0.5) is 0 Å². The van der Waals surface area contributed by atoms with E-state index in [1.54, 1.807) is 30.3 Å². The van der Waals surface area contributed by atoms with Crippen LogP contribution in [0.2, 0.25) is 5.02 Å². The Kier molecular flexibility index (Phi) is 6.87. The van der Waals surface area contributed by atoms with Crippen LogP contribution in [0.5, 0.6) is 5.75 Å². The van der Waals surface area contributed by atoms with Gasteiger partial charge in [-0.3, -0.25) is 25.2 Å². The van der Waals surface area contributed by atoms with Gasteiger partial charge in [0.1, 0.15) is 5.75 Å². The second-order valence-corrected chi connectivity index (χ2v) is 7.02. The van der Waals surface area contributed by atoms with Gasteiger partial charge in [0.15, 0.2) is 0 Å². The van der Waals surface area contributed by atoms with E-state index in [2.05, 4.69) is 16.2 Å². The van der Waals surface area contributed by atoms with Gasteiger partial charge in [-0.1, -0.05) is 35.9 Å². The number of aromatic hydroxyl groups is 1. The number of carbonyl (C=O) groups is 3. The maximum Gasteiger partial charge on any atom is 0.273 e. The van der Waals surface area contributed by atoms with E-state index >= 15 is 0 Å². The number of amides is 3. The van der Waals surface area contributed by atoms with E-state index in [4.69, 9.17) is 11.6 Å². The van der Waals surface area contributed by atoms with Crippen LogP contribution in [0.25, 0.3) is 10.8 Å². The molecule has 0 saturated carbocycles. The molecule has 154 valence electrons. The fourth-order valence-electron chi connectivity index (χ4n) is 2.82. The number of phenols is 1. The van der Waals surface area contributed by atoms with Crippen molar-refractivity contribution in [2.75, 3.05) is 6.54 Å². The first kappa shape index (κ1) is 21.1. The van der Waals surface area contributed by atoms with Gasteiger partial charge in [-0.25, -0.2) is 0 Å². The van der Waals surface area contributed by atoms with Gasteiger partial charge in [0.2, 0.25) is 5.91 Å². The Hall–Kier alpha value is -3.58. The lowest BCUT2D eigenvalue weighted by molar-refractivity contribution is -0.121. The highest BCUT2D eigenvalue weighted by atomic mass is 35.5. The predicted octanol–water partition coefficient (Wildman–Crippen LogP) is 3.17. The monoisotopic (exact) mass is 425 g/mol. The maximum absolute atomic E-state index is 12.3. The van der Waals surface area contributed by atoms with Crippen LogP contribution in [-0.4, -0.2) is 29.4 Å². The minimum Gasteiger partial charge on any atom is -0.507 e. The average molecular weight is 426 g/mol. The fraction of sp³-hybridized carbons (Fsp3) is 0.136. The summed E-state index contributed by atoms with van der Waals surface area (Å²) in [5, 5.41) is 14.9. The average Bonchev–Trinajstić information content (AvgIpc) is 2.75. The van der Waals surface area contributed by atoms with Crippen molar-refractivity contribution < 1.29 is 19.5 Å². The van der Waals surface area contributed by atoms with E-state index in [-0.39, 0.29) is 23.6 Å². The molecule has 0 aliphatic rings. The molecule has 3 aromatic rings. The molecule has 0 radical (unpaired) electrons. The highest BCUT2D eigenvalue weighted by Gasteiger charge is 2.13. The van der Waals surface area contributed by atoms with Gasteiger partial charge < -0.3 is 10.4 Å². The number of benzene rings is 3. The largest absolute Gasteiger partial charge is 0.507 e. The fourth-order valence-corrected chi connectivity index (χ4v) is 2.95. The van der Waals surface area contributed by atoms with Crippen LogP contribution >= 0.6 is 11.6 Å². The van der Waals surface area contributed by atoms with Gasteiger partial charge in [-0.2, -0.15) is 0 Å². The highest BCUT2D eigenvalue weighted by Crippen LogP contribution is 2.24. The second kappa shape index (κ2) is 9.76. The van der Waals surface area contributed by atoms with Crippen molar-refractivity contribution in [3.8, 4) is 5.75 Å². The Balaban J connectivity index is 1.42. The van der Waals surface area contributed by atoms with Crippen LogP contribution in [0.1, 0.15) is 33.6 Å². The van der Waals surface area contributed by atoms with Crippen molar-refractivity contribution in [3.63, 3.8) is 0 Å². The number of hydrogen-bond donors (Lipinski definition) is 4. The molecular formula is C22H20ClN3O4. The molecule has 3 amide bonds. The topological polar surface area (TPSA) is 108 Å². The van der Waals surface area contributed by atoms with Crippen molar-refractivity contribution in [3.05, 3.63) is 76.8 Å². The smallest absolute Gasteiger partial charge is 0.273 e. The minimum absolute atomic E-state index is 0.0595. The quantitative estimate of drug-likeness (QED) is 0.359. The Morgan fingerprint density at radius 2 is 1.53 bits per heavy atom. The molecule has 0 saturated heterocycles. The van der Waals surface area contributed by atoms with E-state index in [1.165, 1.54) is 6.07 Å². The molecule has 7 nitrogen and oxygen atoms in total. The van der Waals surface area contributed by atoms with Crippen LogP contribution in [-0.2, 0) is 4.79 Å². The minimum atomic E-state index is -0.623. The molecule has 0 atom stereocenters. The molecule has 3 rings (SSSR count). The zero-order valence-electron chi connectivity index (χ0n) is 15.9. The van der Waals surface area contributed by atoms with Gasteiger partial charge in [0.05, 0.1) is 5.56 Å². The first-order valence-electron chi connectivity index (χ1n) is 9.29. The molecule has 30 heavy (non-hydrogen) atoms. The van der Waals surface area contributed by atoms with E-state index < -0.39 is 11.8 Å². The first-order valence-corrected chi connectivity index (χ1v) is 9.66. The number of rotatable bonds is 6. The van der Waals surface area contributed by atoms with Gasteiger partial charge in [-0.15, -0.1) is 0 Å². The molecule has 0 spiro atoms. The van der Waals surface area contributed by atoms with E-state index in [0.717, 1.165) is 10.8 Å². The number of nitrogens with one attached hydrogen (secondary N) is 3. The predicted molar refractivity (Wildman–Crippen MR) is 114 cm³/mol. The van der Waals surface area contributed by atoms with Gasteiger partial charge in [0.25, 0.3) is 11.8 Å². The molecule has 0 fully saturated rings. The molecule has 0 heterocycles. The number of carbonyl (C=O) groups excluding carboxylic acids is 3. The van der Waals surface area contributed by atoms with E-state index in [1.807, 2.05) is 24.3 Å². The molecule has 0 aromatic heterocycles. The molecule has 8 heteroatoms. The van der Waals surface area contributed by atoms with Crippen molar-refractivity contribution in [1.29, 1.82) is 0 Å². The van der Waals surface area contributed by atoms with Crippen LogP contribution in [0.15, 0.2) is 60.7 Å². The zero-order chi connectivity index (χ0) is 21.5. The molecule has 0 aliphatic carbocycles. The van der Waals surface area contributed by atoms with Crippen molar-refractivity contribution in [2.24, 2.45) is 0 Å². The number of halogens is 1. The third-order valence-corrected chi connectivity index (χ3v) is 4.65. The molecule has 4 N–H and O–H groups in total. The number of hydrazine groups is 1. The van der Waals surface area contributed by atoms with E-state index in [9.17, 15) is 19.5 Å². The summed E-state index contributed by atoms with van der Waals surface area (Å²) >= 11 is 5.78.